The fourth-order valence-electron chi connectivity index (χ4n) is 2.09. The van der Waals surface area contributed by atoms with Gasteiger partial charge < -0.3 is 15.2 Å². The van der Waals surface area contributed by atoms with Crippen molar-refractivity contribution >= 4 is 11.3 Å². The lowest BCUT2D eigenvalue weighted by Crippen LogP contribution is -2.12. The lowest BCUT2D eigenvalue weighted by molar-refractivity contribution is 0.228. The molecule has 3 rings (SSSR count). The summed E-state index contributed by atoms with van der Waals surface area (Å²) in [7, 11) is 0. The quantitative estimate of drug-likeness (QED) is 0.915. The van der Waals surface area contributed by atoms with Crippen LogP contribution in [-0.4, -0.2) is 13.2 Å². The monoisotopic (exact) mass is 275 g/mol. The van der Waals surface area contributed by atoms with E-state index in [4.69, 9.17) is 15.2 Å². The summed E-state index contributed by atoms with van der Waals surface area (Å²) in [4.78, 5) is 1.16. The molecule has 2 aromatic rings. The van der Waals surface area contributed by atoms with Gasteiger partial charge in [0.05, 0.1) is 19.3 Å². The van der Waals surface area contributed by atoms with Gasteiger partial charge in [0, 0.05) is 10.8 Å². The molecule has 0 amide bonds. The van der Waals surface area contributed by atoms with Crippen LogP contribution in [0.2, 0.25) is 0 Å². The molecular weight excluding hydrogens is 258 g/mol. The van der Waals surface area contributed by atoms with E-state index >= 15 is 0 Å². The van der Waals surface area contributed by atoms with Gasteiger partial charge >= 0.3 is 0 Å². The zero-order chi connectivity index (χ0) is 13.2. The highest BCUT2D eigenvalue weighted by Crippen LogP contribution is 2.34. The number of hydrogen-bond donors (Lipinski definition) is 1. The van der Waals surface area contributed by atoms with Gasteiger partial charge in [0.1, 0.15) is 0 Å². The molecule has 4 heteroatoms. The molecule has 0 fully saturated rings. The Balaban J connectivity index is 1.89. The summed E-state index contributed by atoms with van der Waals surface area (Å²) in [5.41, 5.74) is 7.33. The molecule has 19 heavy (non-hydrogen) atoms. The van der Waals surface area contributed by atoms with E-state index in [-0.39, 0.29) is 6.04 Å². The Kier molecular flexibility index (Phi) is 3.44. The van der Waals surface area contributed by atoms with Crippen LogP contribution in [0.4, 0.5) is 0 Å². The Labute approximate surface area is 117 Å². The maximum absolute atomic E-state index is 6.27. The van der Waals surface area contributed by atoms with Crippen molar-refractivity contribution in [3.63, 3.8) is 0 Å². The lowest BCUT2D eigenvalue weighted by atomic mass is 10.1. The molecule has 0 spiro atoms. The maximum atomic E-state index is 6.27. The molecule has 2 unspecified atom stereocenters. The molecule has 0 bridgehead atoms. The van der Waals surface area contributed by atoms with E-state index in [9.17, 15) is 0 Å². The zero-order valence-corrected chi connectivity index (χ0v) is 11.7. The van der Waals surface area contributed by atoms with Crippen LogP contribution in [0.5, 0.6) is 11.5 Å². The third-order valence-corrected chi connectivity index (χ3v) is 4.18. The number of ether oxygens (including phenoxy) is 2. The van der Waals surface area contributed by atoms with Gasteiger partial charge in [0.25, 0.3) is 0 Å². The summed E-state index contributed by atoms with van der Waals surface area (Å²) in [6.07, 6.45) is 0. The second-order valence-corrected chi connectivity index (χ2v) is 5.91. The van der Waals surface area contributed by atoms with E-state index in [2.05, 4.69) is 13.0 Å². The zero-order valence-electron chi connectivity index (χ0n) is 10.8. The van der Waals surface area contributed by atoms with Crippen molar-refractivity contribution in [3.05, 3.63) is 46.2 Å². The van der Waals surface area contributed by atoms with Gasteiger partial charge in [-0.05, 0) is 29.1 Å². The van der Waals surface area contributed by atoms with Crippen LogP contribution in [0.3, 0.4) is 0 Å². The molecule has 0 aliphatic carbocycles. The first-order chi connectivity index (χ1) is 9.24. The van der Waals surface area contributed by atoms with Crippen molar-refractivity contribution in [1.82, 2.24) is 0 Å². The van der Waals surface area contributed by atoms with E-state index in [1.54, 1.807) is 11.3 Å². The molecule has 3 nitrogen and oxygen atoms in total. The first kappa shape index (κ1) is 12.5. The number of benzene rings is 1. The topological polar surface area (TPSA) is 44.5 Å². The Bertz CT molecular complexity index is 553. The summed E-state index contributed by atoms with van der Waals surface area (Å²) in [5, 5.41) is 2.04. The molecule has 1 aromatic carbocycles. The highest BCUT2D eigenvalue weighted by molar-refractivity contribution is 7.10. The normalized spacial score (nSPS) is 19.8. The van der Waals surface area contributed by atoms with Crippen LogP contribution in [0, 0.1) is 5.92 Å². The van der Waals surface area contributed by atoms with Gasteiger partial charge in [-0.25, -0.2) is 0 Å². The molecule has 0 saturated carbocycles. The van der Waals surface area contributed by atoms with Gasteiger partial charge in [-0.15, -0.1) is 11.3 Å². The van der Waals surface area contributed by atoms with E-state index in [0.29, 0.717) is 19.1 Å². The number of thiophene rings is 1. The van der Waals surface area contributed by atoms with Gasteiger partial charge in [-0.3, -0.25) is 0 Å². The fraction of sp³-hybridized carbons (Fsp3) is 0.333. The molecule has 100 valence electrons. The largest absolute Gasteiger partial charge is 0.489 e. The highest BCUT2D eigenvalue weighted by atomic mass is 32.1. The van der Waals surface area contributed by atoms with Gasteiger partial charge in [0.15, 0.2) is 11.5 Å². The Morgan fingerprint density at radius 3 is 2.74 bits per heavy atom. The fourth-order valence-corrected chi connectivity index (χ4v) is 2.85. The molecule has 2 N–H and O–H groups in total. The maximum Gasteiger partial charge on any atom is 0.161 e. The third kappa shape index (κ3) is 2.60. The number of hydrogen-bond acceptors (Lipinski definition) is 4. The van der Waals surface area contributed by atoms with E-state index < -0.39 is 0 Å². The first-order valence-corrected chi connectivity index (χ1v) is 7.30. The van der Waals surface area contributed by atoms with Crippen molar-refractivity contribution in [2.75, 3.05) is 13.2 Å². The Hall–Kier alpha value is -1.52. The highest BCUT2D eigenvalue weighted by Gasteiger charge is 2.17. The van der Waals surface area contributed by atoms with E-state index in [0.717, 1.165) is 21.9 Å². The average molecular weight is 275 g/mol. The molecule has 0 saturated heterocycles. The summed E-state index contributed by atoms with van der Waals surface area (Å²) in [5.74, 6) is 2.02. The molecule has 2 atom stereocenters. The van der Waals surface area contributed by atoms with Crippen LogP contribution >= 0.6 is 11.3 Å². The average Bonchev–Trinajstić information content (AvgIpc) is 2.90. The Morgan fingerprint density at radius 1 is 1.21 bits per heavy atom. The van der Waals surface area contributed by atoms with Crippen molar-refractivity contribution in [2.24, 2.45) is 11.7 Å². The van der Waals surface area contributed by atoms with Gasteiger partial charge in [0.2, 0.25) is 0 Å². The molecule has 1 aliphatic heterocycles. The van der Waals surface area contributed by atoms with Gasteiger partial charge in [-0.1, -0.05) is 19.1 Å². The molecular formula is C15H17NO2S. The minimum absolute atomic E-state index is 0.102. The molecule has 1 aliphatic rings. The number of nitrogens with two attached hydrogens (primary N) is 1. The SMILES string of the molecule is CC1COc2ccc(C(N)c3cccs3)cc2OC1. The third-order valence-electron chi connectivity index (χ3n) is 3.22. The predicted octanol–water partition coefficient (Wildman–Crippen LogP) is 3.20. The molecule has 1 aromatic heterocycles. The van der Waals surface area contributed by atoms with Crippen LogP contribution in [0.1, 0.15) is 23.4 Å². The Morgan fingerprint density at radius 2 is 2.00 bits per heavy atom. The minimum Gasteiger partial charge on any atom is -0.489 e. The van der Waals surface area contributed by atoms with Crippen molar-refractivity contribution in [3.8, 4) is 11.5 Å². The van der Waals surface area contributed by atoms with Crippen molar-refractivity contribution in [1.29, 1.82) is 0 Å². The predicted molar refractivity (Wildman–Crippen MR) is 76.9 cm³/mol. The van der Waals surface area contributed by atoms with Crippen LogP contribution in [0.15, 0.2) is 35.7 Å². The standard InChI is InChI=1S/C15H17NO2S/c1-10-8-17-12-5-4-11(7-13(12)18-9-10)15(16)14-3-2-6-19-14/h2-7,10,15H,8-9,16H2,1H3. The summed E-state index contributed by atoms with van der Waals surface area (Å²) in [6, 6.07) is 9.94. The van der Waals surface area contributed by atoms with E-state index in [1.807, 2.05) is 29.6 Å². The number of rotatable bonds is 2. The summed E-state index contributed by atoms with van der Waals surface area (Å²) >= 11 is 1.67. The van der Waals surface area contributed by atoms with Crippen LogP contribution in [-0.2, 0) is 0 Å². The van der Waals surface area contributed by atoms with Crippen molar-refractivity contribution in [2.45, 2.75) is 13.0 Å². The molecule has 2 heterocycles. The smallest absolute Gasteiger partial charge is 0.161 e. The molecule has 0 radical (unpaired) electrons. The van der Waals surface area contributed by atoms with E-state index in [1.165, 1.54) is 0 Å². The van der Waals surface area contributed by atoms with Gasteiger partial charge in [-0.2, -0.15) is 0 Å². The minimum atomic E-state index is -0.102. The second-order valence-electron chi connectivity index (χ2n) is 4.93. The number of fused-ring (bicyclic) bond motifs is 1. The summed E-state index contributed by atoms with van der Waals surface area (Å²) in [6.45, 7) is 3.50. The lowest BCUT2D eigenvalue weighted by Gasteiger charge is -2.13. The van der Waals surface area contributed by atoms with Crippen LogP contribution in [0.25, 0.3) is 0 Å². The van der Waals surface area contributed by atoms with Crippen molar-refractivity contribution < 1.29 is 9.47 Å². The second kappa shape index (κ2) is 5.23. The van der Waals surface area contributed by atoms with Crippen LogP contribution < -0.4 is 15.2 Å². The summed E-state index contributed by atoms with van der Waals surface area (Å²) < 4.78 is 11.5. The first-order valence-electron chi connectivity index (χ1n) is 6.42.